The van der Waals surface area contributed by atoms with E-state index in [1.54, 1.807) is 30.6 Å². The van der Waals surface area contributed by atoms with E-state index in [9.17, 15) is 10.1 Å². The van der Waals surface area contributed by atoms with Crippen LogP contribution in [0.2, 0.25) is 0 Å². The standard InChI is InChI=1S/C13H10N4O2/c14-7-11-4-1-5-12(13(11)17(18)19)16-9-10-3-2-6-15-8-10/h1-6,8,16H,9H2. The number of hydrogen-bond donors (Lipinski definition) is 1. The van der Waals surface area contributed by atoms with E-state index in [4.69, 9.17) is 5.26 Å². The number of anilines is 1. The second kappa shape index (κ2) is 5.60. The van der Waals surface area contributed by atoms with Crippen LogP contribution in [0.5, 0.6) is 0 Å². The number of pyridine rings is 1. The van der Waals surface area contributed by atoms with Crippen molar-refractivity contribution in [2.45, 2.75) is 6.54 Å². The molecule has 2 aromatic rings. The minimum Gasteiger partial charge on any atom is -0.375 e. The first-order valence-corrected chi connectivity index (χ1v) is 5.52. The Bertz CT molecular complexity index is 635. The van der Waals surface area contributed by atoms with Crippen LogP contribution in [0, 0.1) is 21.4 Å². The maximum atomic E-state index is 11.0. The van der Waals surface area contributed by atoms with Gasteiger partial charge in [0.05, 0.1) is 4.92 Å². The second-order valence-corrected chi connectivity index (χ2v) is 3.79. The Labute approximate surface area is 109 Å². The third-order valence-electron chi connectivity index (χ3n) is 2.54. The van der Waals surface area contributed by atoms with Gasteiger partial charge in [0.2, 0.25) is 0 Å². The molecule has 1 N–H and O–H groups in total. The molecule has 0 saturated heterocycles. The molecule has 0 saturated carbocycles. The fraction of sp³-hybridized carbons (Fsp3) is 0.0769. The van der Waals surface area contributed by atoms with Crippen molar-refractivity contribution in [3.05, 3.63) is 64.0 Å². The Balaban J connectivity index is 2.26. The molecule has 1 aromatic heterocycles. The monoisotopic (exact) mass is 254 g/mol. The molecule has 1 heterocycles. The Kier molecular flexibility index (Phi) is 3.69. The number of benzene rings is 1. The first kappa shape index (κ1) is 12.5. The van der Waals surface area contributed by atoms with Gasteiger partial charge in [0.15, 0.2) is 0 Å². The number of nitrogens with one attached hydrogen (secondary N) is 1. The SMILES string of the molecule is N#Cc1cccc(NCc2cccnc2)c1[N+](=O)[O-]. The highest BCUT2D eigenvalue weighted by Gasteiger charge is 2.18. The molecule has 19 heavy (non-hydrogen) atoms. The molecule has 0 amide bonds. The largest absolute Gasteiger partial charge is 0.375 e. The van der Waals surface area contributed by atoms with Gasteiger partial charge in [-0.25, -0.2) is 0 Å². The lowest BCUT2D eigenvalue weighted by Crippen LogP contribution is -2.04. The predicted octanol–water partition coefficient (Wildman–Crippen LogP) is 2.47. The first-order valence-electron chi connectivity index (χ1n) is 5.52. The van der Waals surface area contributed by atoms with Gasteiger partial charge in [-0.05, 0) is 23.8 Å². The van der Waals surface area contributed by atoms with Crippen LogP contribution in [-0.4, -0.2) is 9.91 Å². The number of rotatable bonds is 4. The second-order valence-electron chi connectivity index (χ2n) is 3.79. The molecule has 6 nitrogen and oxygen atoms in total. The molecule has 0 unspecified atom stereocenters. The van der Waals surface area contributed by atoms with E-state index in [-0.39, 0.29) is 11.3 Å². The van der Waals surface area contributed by atoms with Gasteiger partial charge in [0.1, 0.15) is 17.3 Å². The summed E-state index contributed by atoms with van der Waals surface area (Å²) in [6.07, 6.45) is 3.33. The number of nitro benzene ring substituents is 1. The zero-order chi connectivity index (χ0) is 13.7. The molecule has 0 fully saturated rings. The summed E-state index contributed by atoms with van der Waals surface area (Å²) in [6, 6.07) is 10.1. The van der Waals surface area contributed by atoms with E-state index < -0.39 is 4.92 Å². The Morgan fingerprint density at radius 1 is 1.37 bits per heavy atom. The van der Waals surface area contributed by atoms with Gasteiger partial charge in [-0.3, -0.25) is 15.1 Å². The molecule has 0 atom stereocenters. The highest BCUT2D eigenvalue weighted by molar-refractivity contribution is 5.68. The van der Waals surface area contributed by atoms with Crippen molar-refractivity contribution in [2.75, 3.05) is 5.32 Å². The van der Waals surface area contributed by atoms with E-state index in [1.807, 2.05) is 12.1 Å². The average Bonchev–Trinajstić information content (AvgIpc) is 2.45. The van der Waals surface area contributed by atoms with Crippen LogP contribution in [-0.2, 0) is 6.54 Å². The lowest BCUT2D eigenvalue weighted by Gasteiger charge is -2.07. The highest BCUT2D eigenvalue weighted by Crippen LogP contribution is 2.28. The lowest BCUT2D eigenvalue weighted by atomic mass is 10.1. The Morgan fingerprint density at radius 2 is 2.21 bits per heavy atom. The summed E-state index contributed by atoms with van der Waals surface area (Å²) >= 11 is 0. The van der Waals surface area contributed by atoms with Crippen molar-refractivity contribution < 1.29 is 4.92 Å². The summed E-state index contributed by atoms with van der Waals surface area (Å²) in [5.41, 5.74) is 1.07. The van der Waals surface area contributed by atoms with Crippen LogP contribution >= 0.6 is 0 Å². The summed E-state index contributed by atoms with van der Waals surface area (Å²) in [7, 11) is 0. The third-order valence-corrected chi connectivity index (χ3v) is 2.54. The number of nitriles is 1. The van der Waals surface area contributed by atoms with Gasteiger partial charge in [-0.15, -0.1) is 0 Å². The van der Waals surface area contributed by atoms with Crippen molar-refractivity contribution in [3.8, 4) is 6.07 Å². The first-order chi connectivity index (χ1) is 9.22. The fourth-order valence-electron chi connectivity index (χ4n) is 1.67. The van der Waals surface area contributed by atoms with Gasteiger partial charge in [-0.1, -0.05) is 12.1 Å². The molecular weight excluding hydrogens is 244 g/mol. The van der Waals surface area contributed by atoms with E-state index in [1.165, 1.54) is 6.07 Å². The van der Waals surface area contributed by atoms with Gasteiger partial charge < -0.3 is 5.32 Å². The maximum Gasteiger partial charge on any atom is 0.309 e. The lowest BCUT2D eigenvalue weighted by molar-refractivity contribution is -0.384. The van der Waals surface area contributed by atoms with Crippen molar-refractivity contribution >= 4 is 11.4 Å². The van der Waals surface area contributed by atoms with Crippen molar-refractivity contribution in [3.63, 3.8) is 0 Å². The number of nitro groups is 1. The normalized spacial score (nSPS) is 9.63. The van der Waals surface area contributed by atoms with Crippen LogP contribution in [0.25, 0.3) is 0 Å². The minimum atomic E-state index is -0.551. The quantitative estimate of drug-likeness (QED) is 0.668. The van der Waals surface area contributed by atoms with Gasteiger partial charge in [0.25, 0.3) is 0 Å². The third kappa shape index (κ3) is 2.84. The van der Waals surface area contributed by atoms with Crippen LogP contribution < -0.4 is 5.32 Å². The minimum absolute atomic E-state index is 0.0428. The van der Waals surface area contributed by atoms with Gasteiger partial charge in [-0.2, -0.15) is 5.26 Å². The molecule has 94 valence electrons. The van der Waals surface area contributed by atoms with Gasteiger partial charge >= 0.3 is 5.69 Å². The van der Waals surface area contributed by atoms with E-state index in [0.717, 1.165) is 5.56 Å². The molecule has 0 aliphatic rings. The fourth-order valence-corrected chi connectivity index (χ4v) is 1.67. The van der Waals surface area contributed by atoms with E-state index >= 15 is 0 Å². The zero-order valence-electron chi connectivity index (χ0n) is 9.91. The Morgan fingerprint density at radius 3 is 2.84 bits per heavy atom. The number of para-hydroxylation sites is 1. The molecule has 0 radical (unpaired) electrons. The van der Waals surface area contributed by atoms with Crippen LogP contribution in [0.15, 0.2) is 42.7 Å². The summed E-state index contributed by atoms with van der Waals surface area (Å²) in [6.45, 7) is 0.406. The molecule has 0 aliphatic heterocycles. The molecule has 2 rings (SSSR count). The molecular formula is C13H10N4O2. The summed E-state index contributed by atoms with van der Waals surface area (Å²) < 4.78 is 0. The summed E-state index contributed by atoms with van der Waals surface area (Å²) in [4.78, 5) is 14.4. The zero-order valence-corrected chi connectivity index (χ0v) is 9.91. The smallest absolute Gasteiger partial charge is 0.309 e. The van der Waals surface area contributed by atoms with Crippen LogP contribution in [0.1, 0.15) is 11.1 Å². The van der Waals surface area contributed by atoms with Crippen molar-refractivity contribution in [1.29, 1.82) is 5.26 Å². The molecule has 0 spiro atoms. The van der Waals surface area contributed by atoms with E-state index in [0.29, 0.717) is 12.2 Å². The maximum absolute atomic E-state index is 11.0. The molecule has 0 aliphatic carbocycles. The Hall–Kier alpha value is -2.94. The van der Waals surface area contributed by atoms with Crippen molar-refractivity contribution in [2.24, 2.45) is 0 Å². The highest BCUT2D eigenvalue weighted by atomic mass is 16.6. The summed E-state index contributed by atoms with van der Waals surface area (Å²) in [5, 5.41) is 22.9. The van der Waals surface area contributed by atoms with Gasteiger partial charge in [0, 0.05) is 18.9 Å². The molecule has 0 bridgehead atoms. The number of aromatic nitrogens is 1. The molecule has 6 heteroatoms. The number of nitrogens with zero attached hydrogens (tertiary/aromatic N) is 3. The summed E-state index contributed by atoms with van der Waals surface area (Å²) in [5.74, 6) is 0. The van der Waals surface area contributed by atoms with E-state index in [2.05, 4.69) is 10.3 Å². The average molecular weight is 254 g/mol. The topological polar surface area (TPSA) is 91.8 Å². The predicted molar refractivity (Wildman–Crippen MR) is 69.4 cm³/mol. The van der Waals surface area contributed by atoms with Crippen molar-refractivity contribution in [1.82, 2.24) is 4.98 Å². The number of hydrogen-bond acceptors (Lipinski definition) is 5. The van der Waals surface area contributed by atoms with Crippen LogP contribution in [0.3, 0.4) is 0 Å². The van der Waals surface area contributed by atoms with Crippen LogP contribution in [0.4, 0.5) is 11.4 Å². The molecule has 1 aromatic carbocycles.